The molecule has 96 valence electrons. The summed E-state index contributed by atoms with van der Waals surface area (Å²) < 4.78 is 0. The molecular weight excluding hydrogens is 242 g/mol. The summed E-state index contributed by atoms with van der Waals surface area (Å²) in [4.78, 5) is 13.9. The van der Waals surface area contributed by atoms with Crippen LogP contribution in [0, 0.1) is 5.92 Å². The molecule has 0 saturated carbocycles. The number of nitrogens with one attached hydrogen (secondary N) is 1. The van der Waals surface area contributed by atoms with Gasteiger partial charge >= 0.3 is 0 Å². The van der Waals surface area contributed by atoms with E-state index in [2.05, 4.69) is 20.3 Å². The number of aliphatic hydroxyl groups is 1. The normalized spacial score (nSPS) is 14.2. The van der Waals surface area contributed by atoms with E-state index in [1.165, 1.54) is 0 Å². The summed E-state index contributed by atoms with van der Waals surface area (Å²) in [6.07, 6.45) is 0. The van der Waals surface area contributed by atoms with Crippen molar-refractivity contribution in [2.45, 2.75) is 19.9 Å². The van der Waals surface area contributed by atoms with Crippen LogP contribution in [0.2, 0.25) is 5.28 Å². The predicted molar refractivity (Wildman–Crippen MR) is 68.5 cm³/mol. The number of halogens is 1. The number of aliphatic hydroxyl groups excluding tert-OH is 1. The van der Waals surface area contributed by atoms with Crippen molar-refractivity contribution in [2.75, 3.05) is 30.9 Å². The number of aromatic nitrogens is 3. The van der Waals surface area contributed by atoms with Gasteiger partial charge in [0, 0.05) is 26.7 Å². The van der Waals surface area contributed by atoms with E-state index < -0.39 is 0 Å². The number of anilines is 2. The third kappa shape index (κ3) is 3.98. The summed E-state index contributed by atoms with van der Waals surface area (Å²) in [5.41, 5.74) is 0. The fourth-order valence-corrected chi connectivity index (χ4v) is 1.26. The molecule has 0 bridgehead atoms. The van der Waals surface area contributed by atoms with E-state index in [1.807, 2.05) is 27.9 Å². The molecule has 0 aliphatic carbocycles. The van der Waals surface area contributed by atoms with Gasteiger partial charge in [-0.3, -0.25) is 0 Å². The zero-order valence-corrected chi connectivity index (χ0v) is 11.2. The minimum atomic E-state index is 0.0495. The Hall–Kier alpha value is -1.14. The van der Waals surface area contributed by atoms with Gasteiger partial charge in [0.2, 0.25) is 17.2 Å². The van der Waals surface area contributed by atoms with Gasteiger partial charge in [-0.2, -0.15) is 15.0 Å². The smallest absolute Gasteiger partial charge is 0.230 e. The Morgan fingerprint density at radius 3 is 2.47 bits per heavy atom. The molecule has 0 fully saturated rings. The molecule has 1 heterocycles. The van der Waals surface area contributed by atoms with Crippen molar-refractivity contribution in [1.29, 1.82) is 0 Å². The largest absolute Gasteiger partial charge is 0.396 e. The molecule has 0 spiro atoms. The molecule has 2 atom stereocenters. The van der Waals surface area contributed by atoms with Gasteiger partial charge in [0.15, 0.2) is 0 Å². The first kappa shape index (κ1) is 13.9. The van der Waals surface area contributed by atoms with Gasteiger partial charge < -0.3 is 15.3 Å². The minimum absolute atomic E-state index is 0.0495. The first-order valence-electron chi connectivity index (χ1n) is 5.40. The molecule has 1 aromatic rings. The van der Waals surface area contributed by atoms with Gasteiger partial charge in [-0.1, -0.05) is 6.92 Å². The Labute approximate surface area is 106 Å². The molecule has 0 aliphatic rings. The Balaban J connectivity index is 2.84. The lowest BCUT2D eigenvalue weighted by Gasteiger charge is -2.20. The first-order valence-corrected chi connectivity index (χ1v) is 5.78. The summed E-state index contributed by atoms with van der Waals surface area (Å²) in [6.45, 7) is 3.99. The monoisotopic (exact) mass is 259 g/mol. The Bertz CT molecular complexity index is 374. The second-order valence-electron chi connectivity index (χ2n) is 4.22. The maximum Gasteiger partial charge on any atom is 0.230 e. The second-order valence-corrected chi connectivity index (χ2v) is 4.55. The standard InChI is InChI=1S/C10H18ClN5O/c1-6(5-17)7(2)12-9-13-8(11)14-10(15-9)16(3)4/h6-7,17H,5H2,1-4H3,(H,12,13,14,15). The van der Waals surface area contributed by atoms with Crippen LogP contribution in [0.1, 0.15) is 13.8 Å². The molecule has 0 radical (unpaired) electrons. The van der Waals surface area contributed by atoms with Crippen molar-refractivity contribution in [3.05, 3.63) is 5.28 Å². The number of rotatable bonds is 5. The van der Waals surface area contributed by atoms with E-state index in [9.17, 15) is 0 Å². The second kappa shape index (κ2) is 5.97. The van der Waals surface area contributed by atoms with Gasteiger partial charge in [0.1, 0.15) is 0 Å². The summed E-state index contributed by atoms with van der Waals surface area (Å²) in [7, 11) is 3.66. The molecule has 6 nitrogen and oxygen atoms in total. The van der Waals surface area contributed by atoms with E-state index in [4.69, 9.17) is 16.7 Å². The first-order chi connectivity index (χ1) is 7.93. The summed E-state index contributed by atoms with van der Waals surface area (Å²) >= 11 is 5.81. The lowest BCUT2D eigenvalue weighted by atomic mass is 10.1. The quantitative estimate of drug-likeness (QED) is 0.823. The van der Waals surface area contributed by atoms with Gasteiger partial charge in [0.05, 0.1) is 0 Å². The van der Waals surface area contributed by atoms with Crippen molar-refractivity contribution in [3.8, 4) is 0 Å². The topological polar surface area (TPSA) is 74.2 Å². The molecule has 17 heavy (non-hydrogen) atoms. The van der Waals surface area contributed by atoms with Crippen molar-refractivity contribution in [3.63, 3.8) is 0 Å². The third-order valence-electron chi connectivity index (χ3n) is 2.49. The summed E-state index contributed by atoms with van der Waals surface area (Å²) in [5, 5.41) is 12.3. The van der Waals surface area contributed by atoms with Crippen LogP contribution in [0.15, 0.2) is 0 Å². The number of nitrogens with zero attached hydrogens (tertiary/aromatic N) is 4. The highest BCUT2D eigenvalue weighted by Gasteiger charge is 2.14. The molecule has 0 amide bonds. The van der Waals surface area contributed by atoms with Crippen LogP contribution in [0.3, 0.4) is 0 Å². The fourth-order valence-electron chi connectivity index (χ4n) is 1.11. The average Bonchev–Trinajstić information content (AvgIpc) is 2.26. The van der Waals surface area contributed by atoms with Gasteiger partial charge in [0.25, 0.3) is 0 Å². The highest BCUT2D eigenvalue weighted by Crippen LogP contribution is 2.14. The van der Waals surface area contributed by atoms with E-state index in [0.29, 0.717) is 11.9 Å². The highest BCUT2D eigenvalue weighted by molar-refractivity contribution is 6.28. The van der Waals surface area contributed by atoms with E-state index in [1.54, 1.807) is 4.90 Å². The highest BCUT2D eigenvalue weighted by atomic mass is 35.5. The van der Waals surface area contributed by atoms with Crippen LogP contribution in [0.4, 0.5) is 11.9 Å². The maximum absolute atomic E-state index is 9.05. The molecule has 1 aromatic heterocycles. The zero-order valence-electron chi connectivity index (χ0n) is 10.5. The maximum atomic E-state index is 9.05. The van der Waals surface area contributed by atoms with Crippen LogP contribution in [0.25, 0.3) is 0 Å². The average molecular weight is 260 g/mol. The Kier molecular flexibility index (Phi) is 4.89. The van der Waals surface area contributed by atoms with E-state index in [-0.39, 0.29) is 23.9 Å². The third-order valence-corrected chi connectivity index (χ3v) is 2.66. The van der Waals surface area contributed by atoms with Gasteiger partial charge in [-0.25, -0.2) is 0 Å². The predicted octanol–water partition coefficient (Wildman–Crippen LogP) is 1.02. The van der Waals surface area contributed by atoms with Crippen LogP contribution >= 0.6 is 11.6 Å². The van der Waals surface area contributed by atoms with E-state index in [0.717, 1.165) is 0 Å². The van der Waals surface area contributed by atoms with Gasteiger partial charge in [-0.15, -0.1) is 0 Å². The van der Waals surface area contributed by atoms with Gasteiger partial charge in [-0.05, 0) is 24.4 Å². The van der Waals surface area contributed by atoms with Crippen molar-refractivity contribution >= 4 is 23.5 Å². The molecule has 7 heteroatoms. The van der Waals surface area contributed by atoms with Crippen molar-refractivity contribution in [1.82, 2.24) is 15.0 Å². The molecule has 0 aliphatic heterocycles. The summed E-state index contributed by atoms with van der Waals surface area (Å²) in [5.74, 6) is 1.02. The summed E-state index contributed by atoms with van der Waals surface area (Å²) in [6, 6.07) is 0.0495. The molecule has 2 N–H and O–H groups in total. The molecule has 1 rings (SSSR count). The van der Waals surface area contributed by atoms with Crippen LogP contribution in [-0.4, -0.2) is 46.8 Å². The number of hydrogen-bond donors (Lipinski definition) is 2. The molecule has 2 unspecified atom stereocenters. The Morgan fingerprint density at radius 2 is 1.94 bits per heavy atom. The van der Waals surface area contributed by atoms with Crippen LogP contribution < -0.4 is 10.2 Å². The minimum Gasteiger partial charge on any atom is -0.396 e. The molecular formula is C10H18ClN5O. The van der Waals surface area contributed by atoms with Crippen molar-refractivity contribution < 1.29 is 5.11 Å². The fraction of sp³-hybridized carbons (Fsp3) is 0.700. The lowest BCUT2D eigenvalue weighted by Crippen LogP contribution is -2.27. The van der Waals surface area contributed by atoms with E-state index >= 15 is 0 Å². The lowest BCUT2D eigenvalue weighted by molar-refractivity contribution is 0.226. The zero-order chi connectivity index (χ0) is 13.0. The molecule has 0 aromatic carbocycles. The Morgan fingerprint density at radius 1 is 1.29 bits per heavy atom. The van der Waals surface area contributed by atoms with Crippen molar-refractivity contribution in [2.24, 2.45) is 5.92 Å². The number of hydrogen-bond acceptors (Lipinski definition) is 6. The van der Waals surface area contributed by atoms with Crippen LogP contribution in [-0.2, 0) is 0 Å². The van der Waals surface area contributed by atoms with Crippen LogP contribution in [0.5, 0.6) is 0 Å². The SMILES string of the molecule is CC(CO)C(C)Nc1nc(Cl)nc(N(C)C)n1. The molecule has 0 saturated heterocycles.